The van der Waals surface area contributed by atoms with Crippen LogP contribution in [0.15, 0.2) is 24.3 Å². The van der Waals surface area contributed by atoms with Crippen LogP contribution in [0.25, 0.3) is 0 Å². The first kappa shape index (κ1) is 26.7. The van der Waals surface area contributed by atoms with Gasteiger partial charge < -0.3 is 25.4 Å². The van der Waals surface area contributed by atoms with Gasteiger partial charge in [0, 0.05) is 42.5 Å². The van der Waals surface area contributed by atoms with Crippen molar-refractivity contribution in [2.75, 3.05) is 19.6 Å². The predicted molar refractivity (Wildman–Crippen MR) is 136 cm³/mol. The molecule has 1 saturated carbocycles. The maximum atomic E-state index is 13.5. The Balaban J connectivity index is 1.39. The van der Waals surface area contributed by atoms with E-state index in [4.69, 9.17) is 16.3 Å². The fraction of sp³-hybridized carbons (Fsp3) is 0.667. The molecule has 0 bridgehead atoms. The zero-order valence-corrected chi connectivity index (χ0v) is 22.4. The molecule has 3 amide bonds. The summed E-state index contributed by atoms with van der Waals surface area (Å²) in [5.74, 6) is -1.06. The summed E-state index contributed by atoms with van der Waals surface area (Å²) in [5.41, 5.74) is -1.62. The van der Waals surface area contributed by atoms with Crippen molar-refractivity contribution in [1.82, 2.24) is 15.5 Å². The standard InChI is InChI=1S/C27H38ClN3O5/c1-17(18(2)30-22(32)21-6-5-11-26(21)12-14-29-24(34)36-26)23(33)31-15-13-27(35,25(3,4)16-31)19-7-9-20(28)10-8-19/h7-10,17-18,21,35H,5-6,11-16H2,1-4H3,(H,29,34)(H,30,32)/t17-,18?,21?,26?,27+/m1/s1. The van der Waals surface area contributed by atoms with Crippen molar-refractivity contribution < 1.29 is 24.2 Å². The number of benzene rings is 1. The summed E-state index contributed by atoms with van der Waals surface area (Å²) in [6.07, 6.45) is 2.72. The van der Waals surface area contributed by atoms with Gasteiger partial charge >= 0.3 is 6.09 Å². The molecule has 1 aromatic rings. The molecule has 2 aliphatic heterocycles. The van der Waals surface area contributed by atoms with Gasteiger partial charge in [0.15, 0.2) is 0 Å². The molecule has 3 aliphatic rings. The molecular formula is C27H38ClN3O5. The highest BCUT2D eigenvalue weighted by atomic mass is 35.5. The van der Waals surface area contributed by atoms with Crippen molar-refractivity contribution in [3.05, 3.63) is 34.9 Å². The van der Waals surface area contributed by atoms with E-state index < -0.39 is 34.5 Å². The summed E-state index contributed by atoms with van der Waals surface area (Å²) in [6.45, 7) is 8.92. The molecule has 8 nitrogen and oxygen atoms in total. The largest absolute Gasteiger partial charge is 0.442 e. The van der Waals surface area contributed by atoms with Gasteiger partial charge in [-0.05, 0) is 50.3 Å². The van der Waals surface area contributed by atoms with E-state index in [1.165, 1.54) is 0 Å². The lowest BCUT2D eigenvalue weighted by Crippen LogP contribution is -2.59. The van der Waals surface area contributed by atoms with Gasteiger partial charge in [-0.2, -0.15) is 0 Å². The zero-order chi connectivity index (χ0) is 26.3. The second-order valence-corrected chi connectivity index (χ2v) is 11.9. The minimum Gasteiger partial charge on any atom is -0.442 e. The molecule has 36 heavy (non-hydrogen) atoms. The van der Waals surface area contributed by atoms with E-state index in [9.17, 15) is 19.5 Å². The van der Waals surface area contributed by atoms with E-state index in [1.807, 2.05) is 39.8 Å². The fourth-order valence-corrected chi connectivity index (χ4v) is 6.33. The van der Waals surface area contributed by atoms with Crippen molar-refractivity contribution in [3.63, 3.8) is 0 Å². The number of piperidine rings is 1. The lowest BCUT2D eigenvalue weighted by molar-refractivity contribution is -0.157. The normalized spacial score (nSPS) is 31.3. The van der Waals surface area contributed by atoms with Crippen LogP contribution in [0.3, 0.4) is 0 Å². The number of hydrogen-bond donors (Lipinski definition) is 3. The molecule has 1 aromatic carbocycles. The molecule has 3 unspecified atom stereocenters. The SMILES string of the molecule is CC(NC(=O)C1CCCC12CCNC(=O)O2)[C@@H](C)C(=O)N1CC[C@](O)(c2ccc(Cl)cc2)C(C)(C)C1. The molecule has 1 aliphatic carbocycles. The number of likely N-dealkylation sites (tertiary alicyclic amines) is 1. The number of nitrogens with one attached hydrogen (secondary N) is 2. The third-order valence-corrected chi connectivity index (χ3v) is 9.00. The Labute approximate surface area is 218 Å². The lowest BCUT2D eigenvalue weighted by Gasteiger charge is -2.51. The number of halogens is 1. The van der Waals surface area contributed by atoms with E-state index in [0.29, 0.717) is 50.3 Å². The van der Waals surface area contributed by atoms with Crippen LogP contribution in [-0.2, 0) is 19.9 Å². The molecule has 0 aromatic heterocycles. The van der Waals surface area contributed by atoms with Gasteiger partial charge in [-0.15, -0.1) is 0 Å². The van der Waals surface area contributed by atoms with Gasteiger partial charge in [-0.3, -0.25) is 9.59 Å². The summed E-state index contributed by atoms with van der Waals surface area (Å²) in [6, 6.07) is 6.84. The molecular weight excluding hydrogens is 482 g/mol. The van der Waals surface area contributed by atoms with Crippen molar-refractivity contribution in [3.8, 4) is 0 Å². The second kappa shape index (κ2) is 9.86. The number of nitrogens with zero attached hydrogens (tertiary/aromatic N) is 1. The van der Waals surface area contributed by atoms with E-state index in [0.717, 1.165) is 12.0 Å². The van der Waals surface area contributed by atoms with Crippen molar-refractivity contribution >= 4 is 29.5 Å². The van der Waals surface area contributed by atoms with Gasteiger partial charge in [0.2, 0.25) is 11.8 Å². The first-order valence-corrected chi connectivity index (χ1v) is 13.3. The monoisotopic (exact) mass is 519 g/mol. The van der Waals surface area contributed by atoms with E-state index >= 15 is 0 Å². The molecule has 5 atom stereocenters. The highest BCUT2D eigenvalue weighted by molar-refractivity contribution is 6.30. The number of hydrogen-bond acceptors (Lipinski definition) is 5. The summed E-state index contributed by atoms with van der Waals surface area (Å²) in [4.78, 5) is 40.3. The predicted octanol–water partition coefficient (Wildman–Crippen LogP) is 3.60. The maximum Gasteiger partial charge on any atom is 0.407 e. The van der Waals surface area contributed by atoms with E-state index in [-0.39, 0.29) is 17.9 Å². The minimum absolute atomic E-state index is 0.0524. The second-order valence-electron chi connectivity index (χ2n) is 11.4. The molecule has 2 heterocycles. The smallest absolute Gasteiger partial charge is 0.407 e. The van der Waals surface area contributed by atoms with Gasteiger partial charge in [0.05, 0.1) is 17.4 Å². The van der Waals surface area contributed by atoms with Crippen LogP contribution in [0, 0.1) is 17.3 Å². The summed E-state index contributed by atoms with van der Waals surface area (Å²) in [7, 11) is 0. The van der Waals surface area contributed by atoms with Gasteiger partial charge in [-0.25, -0.2) is 4.79 Å². The van der Waals surface area contributed by atoms with Gasteiger partial charge in [0.1, 0.15) is 5.60 Å². The van der Waals surface area contributed by atoms with Gasteiger partial charge in [-0.1, -0.05) is 44.5 Å². The average Bonchev–Trinajstić information content (AvgIpc) is 3.22. The number of carbonyl (C=O) groups excluding carboxylic acids is 3. The van der Waals surface area contributed by atoms with E-state index in [2.05, 4.69) is 10.6 Å². The summed E-state index contributed by atoms with van der Waals surface area (Å²) < 4.78 is 5.62. The first-order valence-electron chi connectivity index (χ1n) is 12.9. The van der Waals surface area contributed by atoms with Crippen LogP contribution in [0.1, 0.15) is 65.4 Å². The Morgan fingerprint density at radius 3 is 2.53 bits per heavy atom. The summed E-state index contributed by atoms with van der Waals surface area (Å²) >= 11 is 6.03. The Morgan fingerprint density at radius 2 is 1.89 bits per heavy atom. The van der Waals surface area contributed by atoms with Crippen molar-refractivity contribution in [2.45, 2.75) is 77.0 Å². The Kier molecular flexibility index (Phi) is 7.32. The Hall–Kier alpha value is -2.32. The van der Waals surface area contributed by atoms with Crippen LogP contribution >= 0.6 is 11.6 Å². The molecule has 3 fully saturated rings. The average molecular weight is 520 g/mol. The maximum absolute atomic E-state index is 13.5. The highest BCUT2D eigenvalue weighted by Gasteiger charge is 2.52. The molecule has 1 spiro atoms. The molecule has 0 radical (unpaired) electrons. The molecule has 198 valence electrons. The minimum atomic E-state index is -1.08. The number of carbonyl (C=O) groups is 3. The van der Waals surface area contributed by atoms with Crippen molar-refractivity contribution in [1.29, 1.82) is 0 Å². The first-order chi connectivity index (χ1) is 16.9. The van der Waals surface area contributed by atoms with E-state index in [1.54, 1.807) is 17.0 Å². The molecule has 3 N–H and O–H groups in total. The third-order valence-electron chi connectivity index (χ3n) is 8.75. The van der Waals surface area contributed by atoms with Gasteiger partial charge in [0.25, 0.3) is 0 Å². The van der Waals surface area contributed by atoms with Crippen LogP contribution in [0.5, 0.6) is 0 Å². The Morgan fingerprint density at radius 1 is 1.19 bits per heavy atom. The lowest BCUT2D eigenvalue weighted by atomic mass is 9.66. The topological polar surface area (TPSA) is 108 Å². The van der Waals surface area contributed by atoms with Crippen LogP contribution < -0.4 is 10.6 Å². The highest BCUT2D eigenvalue weighted by Crippen LogP contribution is 2.46. The van der Waals surface area contributed by atoms with Crippen LogP contribution in [0.4, 0.5) is 4.79 Å². The number of aliphatic hydroxyl groups is 1. The number of ether oxygens (including phenoxy) is 1. The number of alkyl carbamates (subject to hydrolysis) is 1. The number of rotatable bonds is 5. The third kappa shape index (κ3) is 4.82. The van der Waals surface area contributed by atoms with Crippen LogP contribution in [-0.4, -0.2) is 59.2 Å². The van der Waals surface area contributed by atoms with Crippen LogP contribution in [0.2, 0.25) is 5.02 Å². The zero-order valence-electron chi connectivity index (χ0n) is 21.6. The Bertz CT molecular complexity index is 1020. The molecule has 9 heteroatoms. The summed E-state index contributed by atoms with van der Waals surface area (Å²) in [5, 5.41) is 17.9. The number of amides is 3. The van der Waals surface area contributed by atoms with Crippen molar-refractivity contribution in [2.24, 2.45) is 17.3 Å². The molecule has 2 saturated heterocycles. The molecule has 4 rings (SSSR count). The quantitative estimate of drug-likeness (QED) is 0.551. The fourth-order valence-electron chi connectivity index (χ4n) is 6.20.